The predicted molar refractivity (Wildman–Crippen MR) is 53.8 cm³/mol. The molecule has 0 saturated carbocycles. The van der Waals surface area contributed by atoms with Crippen LogP contribution < -0.4 is 0 Å². The van der Waals surface area contributed by atoms with Gasteiger partial charge in [-0.3, -0.25) is 9.35 Å². The molecule has 0 amide bonds. The maximum atomic E-state index is 10.7. The van der Waals surface area contributed by atoms with Gasteiger partial charge in [0.1, 0.15) is 5.92 Å². The van der Waals surface area contributed by atoms with E-state index in [-0.39, 0.29) is 0 Å². The summed E-state index contributed by atoms with van der Waals surface area (Å²) >= 11 is 2.72. The van der Waals surface area contributed by atoms with E-state index in [1.54, 1.807) is 0 Å². The van der Waals surface area contributed by atoms with E-state index in [1.807, 2.05) is 0 Å². The maximum Gasteiger partial charge on any atom is 0.314 e. The molecule has 0 aliphatic heterocycles. The molecular weight excluding hydrogens is 292 g/mol. The van der Waals surface area contributed by atoms with Gasteiger partial charge in [-0.05, 0) is 34.2 Å². The minimum absolute atomic E-state index is 0.556. The fourth-order valence-electron chi connectivity index (χ4n) is 1.06. The van der Waals surface area contributed by atoms with E-state index < -0.39 is 31.4 Å². The van der Waals surface area contributed by atoms with Gasteiger partial charge in [-0.2, -0.15) is 8.42 Å². The first kappa shape index (κ1) is 12.4. The SMILES string of the molecule is O=C(O)C1C=C(S(=O)(=O)O)C=CC1(O)Br. The molecule has 1 aliphatic carbocycles. The number of carbonyl (C=O) groups is 1. The van der Waals surface area contributed by atoms with Crippen LogP contribution in [0, 0.1) is 5.92 Å². The molecule has 0 radical (unpaired) electrons. The molecule has 0 bridgehead atoms. The Morgan fingerprint density at radius 1 is 1.53 bits per heavy atom. The molecule has 0 saturated heterocycles. The third kappa shape index (κ3) is 2.65. The lowest BCUT2D eigenvalue weighted by atomic mass is 9.98. The van der Waals surface area contributed by atoms with Gasteiger partial charge in [0.05, 0.1) is 4.91 Å². The number of aliphatic carboxylic acids is 1. The molecule has 0 fully saturated rings. The number of allylic oxidation sites excluding steroid dienone is 1. The van der Waals surface area contributed by atoms with Crippen LogP contribution in [-0.2, 0) is 14.9 Å². The number of carboxylic acid groups (broad SMARTS) is 1. The summed E-state index contributed by atoms with van der Waals surface area (Å²) in [6, 6.07) is 0. The fraction of sp³-hybridized carbons (Fsp3) is 0.286. The molecule has 0 heterocycles. The molecule has 1 rings (SSSR count). The van der Waals surface area contributed by atoms with Crippen LogP contribution >= 0.6 is 15.9 Å². The summed E-state index contributed by atoms with van der Waals surface area (Å²) < 4.78 is 28.2. The van der Waals surface area contributed by atoms with Crippen molar-refractivity contribution in [2.45, 2.75) is 4.51 Å². The average molecular weight is 299 g/mol. The fourth-order valence-corrected chi connectivity index (χ4v) is 2.06. The van der Waals surface area contributed by atoms with Crippen LogP contribution in [0.4, 0.5) is 0 Å². The molecule has 0 spiro atoms. The first-order valence-corrected chi connectivity index (χ1v) is 5.90. The summed E-state index contributed by atoms with van der Waals surface area (Å²) in [4.78, 5) is 10.1. The second kappa shape index (κ2) is 3.71. The molecule has 0 aromatic heterocycles. The van der Waals surface area contributed by atoms with Crippen molar-refractivity contribution in [3.8, 4) is 0 Å². The van der Waals surface area contributed by atoms with Crippen LogP contribution in [0.25, 0.3) is 0 Å². The van der Waals surface area contributed by atoms with Gasteiger partial charge in [0.15, 0.2) is 4.51 Å². The van der Waals surface area contributed by atoms with Gasteiger partial charge in [-0.15, -0.1) is 0 Å². The van der Waals surface area contributed by atoms with E-state index in [4.69, 9.17) is 9.66 Å². The van der Waals surface area contributed by atoms with Crippen LogP contribution in [0.5, 0.6) is 0 Å². The Hall–Kier alpha value is -0.700. The molecule has 0 aromatic rings. The smallest absolute Gasteiger partial charge is 0.314 e. The first-order chi connectivity index (χ1) is 6.64. The highest BCUT2D eigenvalue weighted by atomic mass is 79.9. The summed E-state index contributed by atoms with van der Waals surface area (Å²) in [5.74, 6) is -2.90. The van der Waals surface area contributed by atoms with E-state index in [0.717, 1.165) is 18.2 Å². The van der Waals surface area contributed by atoms with Crippen molar-refractivity contribution >= 4 is 32.0 Å². The maximum absolute atomic E-state index is 10.7. The van der Waals surface area contributed by atoms with Crippen molar-refractivity contribution in [1.82, 2.24) is 0 Å². The topological polar surface area (TPSA) is 112 Å². The van der Waals surface area contributed by atoms with E-state index in [0.29, 0.717) is 0 Å². The zero-order chi connectivity index (χ0) is 11.9. The van der Waals surface area contributed by atoms with Crippen LogP contribution in [0.1, 0.15) is 0 Å². The summed E-state index contributed by atoms with van der Waals surface area (Å²) in [7, 11) is -4.46. The zero-order valence-corrected chi connectivity index (χ0v) is 9.56. The molecule has 84 valence electrons. The summed E-state index contributed by atoms with van der Waals surface area (Å²) in [6.45, 7) is 0. The lowest BCUT2D eigenvalue weighted by Crippen LogP contribution is -2.36. The summed E-state index contributed by atoms with van der Waals surface area (Å²) in [5.41, 5.74) is 0. The molecular formula is C7H7BrO6S. The molecule has 2 atom stereocenters. The Morgan fingerprint density at radius 3 is 2.47 bits per heavy atom. The van der Waals surface area contributed by atoms with Gasteiger partial charge in [-0.25, -0.2) is 0 Å². The molecule has 15 heavy (non-hydrogen) atoms. The van der Waals surface area contributed by atoms with Gasteiger partial charge < -0.3 is 10.2 Å². The third-order valence-corrected chi connectivity index (χ3v) is 3.44. The van der Waals surface area contributed by atoms with Crippen molar-refractivity contribution in [3.63, 3.8) is 0 Å². The number of rotatable bonds is 2. The van der Waals surface area contributed by atoms with Gasteiger partial charge in [0.25, 0.3) is 10.1 Å². The van der Waals surface area contributed by atoms with E-state index in [1.165, 1.54) is 0 Å². The van der Waals surface area contributed by atoms with Crippen molar-refractivity contribution in [2.75, 3.05) is 0 Å². The van der Waals surface area contributed by atoms with Gasteiger partial charge in [-0.1, -0.05) is 0 Å². The Bertz CT molecular complexity index is 446. The normalized spacial score (nSPS) is 31.1. The number of carboxylic acids is 1. The molecule has 0 aromatic carbocycles. The highest BCUT2D eigenvalue weighted by Crippen LogP contribution is 2.33. The number of aliphatic hydroxyl groups is 1. The summed E-state index contributed by atoms with van der Waals surface area (Å²) in [6.07, 6.45) is 2.62. The van der Waals surface area contributed by atoms with Crippen molar-refractivity contribution < 1.29 is 28.0 Å². The Balaban J connectivity index is 3.21. The Labute approximate surface area is 93.8 Å². The van der Waals surface area contributed by atoms with E-state index >= 15 is 0 Å². The number of hydrogen-bond donors (Lipinski definition) is 3. The molecule has 2 unspecified atom stereocenters. The monoisotopic (exact) mass is 298 g/mol. The lowest BCUT2D eigenvalue weighted by Gasteiger charge is -2.25. The highest BCUT2D eigenvalue weighted by Gasteiger charge is 2.39. The number of alkyl halides is 1. The molecule has 3 N–H and O–H groups in total. The largest absolute Gasteiger partial charge is 0.481 e. The summed E-state index contributed by atoms with van der Waals surface area (Å²) in [5, 5.41) is 18.2. The lowest BCUT2D eigenvalue weighted by molar-refractivity contribution is -0.143. The van der Waals surface area contributed by atoms with Crippen molar-refractivity contribution in [1.29, 1.82) is 0 Å². The molecule has 6 nitrogen and oxygen atoms in total. The van der Waals surface area contributed by atoms with Crippen molar-refractivity contribution in [2.24, 2.45) is 5.92 Å². The molecule has 1 aliphatic rings. The highest BCUT2D eigenvalue weighted by molar-refractivity contribution is 9.10. The minimum Gasteiger partial charge on any atom is -0.481 e. The van der Waals surface area contributed by atoms with Gasteiger partial charge in [0, 0.05) is 0 Å². The third-order valence-electron chi connectivity index (χ3n) is 1.81. The van der Waals surface area contributed by atoms with Crippen LogP contribution in [0.2, 0.25) is 0 Å². The zero-order valence-electron chi connectivity index (χ0n) is 7.16. The number of halogens is 1. The van der Waals surface area contributed by atoms with Crippen LogP contribution in [0.15, 0.2) is 23.1 Å². The van der Waals surface area contributed by atoms with E-state index in [2.05, 4.69) is 15.9 Å². The number of hydrogen-bond acceptors (Lipinski definition) is 4. The minimum atomic E-state index is -4.46. The second-order valence-electron chi connectivity index (χ2n) is 2.92. The first-order valence-electron chi connectivity index (χ1n) is 3.67. The van der Waals surface area contributed by atoms with Gasteiger partial charge in [0.2, 0.25) is 0 Å². The Morgan fingerprint density at radius 2 is 2.07 bits per heavy atom. The van der Waals surface area contributed by atoms with Gasteiger partial charge >= 0.3 is 5.97 Å². The Kier molecular flexibility index (Phi) is 3.06. The second-order valence-corrected chi connectivity index (χ2v) is 5.61. The standard InChI is InChI=1S/C7H7BrO6S/c8-7(11)2-1-4(15(12,13)14)3-5(7)6(9)10/h1-3,5,11H,(H,9,10)(H,12,13,14). The quantitative estimate of drug-likeness (QED) is 0.493. The van der Waals surface area contributed by atoms with E-state index in [9.17, 15) is 18.3 Å². The molecule has 8 heteroatoms. The predicted octanol–water partition coefficient (Wildman–Crippen LogP) is 0.112. The average Bonchev–Trinajstić information content (AvgIpc) is 2.00. The van der Waals surface area contributed by atoms with Crippen LogP contribution in [-0.4, -0.2) is 33.7 Å². The van der Waals surface area contributed by atoms with Crippen molar-refractivity contribution in [3.05, 3.63) is 23.1 Å². The van der Waals surface area contributed by atoms with Crippen LogP contribution in [0.3, 0.4) is 0 Å².